The number of hydrogen-bond acceptors (Lipinski definition) is 6. The number of carbonyl (C=O) groups is 1. The lowest BCUT2D eigenvalue weighted by Gasteiger charge is -2.12. The van der Waals surface area contributed by atoms with Crippen molar-refractivity contribution < 1.29 is 9.53 Å². The van der Waals surface area contributed by atoms with Crippen LogP contribution < -0.4 is 5.56 Å². The van der Waals surface area contributed by atoms with Gasteiger partial charge in [0.2, 0.25) is 0 Å². The fourth-order valence-corrected chi connectivity index (χ4v) is 3.20. The van der Waals surface area contributed by atoms with Gasteiger partial charge in [-0.2, -0.15) is 10.4 Å². The summed E-state index contributed by atoms with van der Waals surface area (Å²) in [5, 5.41) is 13.7. The van der Waals surface area contributed by atoms with Crippen molar-refractivity contribution >= 4 is 32.9 Å². The van der Waals surface area contributed by atoms with Gasteiger partial charge >= 0.3 is 5.97 Å². The second-order valence-electron chi connectivity index (χ2n) is 5.53. The number of hydrogen-bond donors (Lipinski definition) is 0. The summed E-state index contributed by atoms with van der Waals surface area (Å²) in [4.78, 5) is 28.4. The van der Waals surface area contributed by atoms with Gasteiger partial charge in [-0.1, -0.05) is 12.1 Å². The highest BCUT2D eigenvalue weighted by atomic mass is 79.9. The fourth-order valence-electron chi connectivity index (χ4n) is 2.67. The molecule has 0 aliphatic heterocycles. The number of nitriles is 1. The molecular weight excluding hydrogens is 402 g/mol. The van der Waals surface area contributed by atoms with Crippen LogP contribution in [0.2, 0.25) is 0 Å². The maximum atomic E-state index is 12.5. The minimum absolute atomic E-state index is 0.162. The number of fused-ring (bicyclic) bond motifs is 1. The summed E-state index contributed by atoms with van der Waals surface area (Å²) < 4.78 is 7.50. The molecule has 0 aliphatic rings. The second-order valence-corrected chi connectivity index (χ2v) is 6.33. The Kier molecular flexibility index (Phi) is 4.86. The molecule has 0 bridgehead atoms. The van der Waals surface area contributed by atoms with Crippen LogP contribution in [0.3, 0.4) is 0 Å². The van der Waals surface area contributed by atoms with Crippen LogP contribution in [0.25, 0.3) is 11.0 Å². The molecule has 0 radical (unpaired) electrons. The Labute approximate surface area is 156 Å². The van der Waals surface area contributed by atoms with Crippen molar-refractivity contribution in [1.82, 2.24) is 19.3 Å². The van der Waals surface area contributed by atoms with E-state index in [4.69, 9.17) is 0 Å². The second kappa shape index (κ2) is 7.09. The lowest BCUT2D eigenvalue weighted by atomic mass is 10.0. The highest BCUT2D eigenvalue weighted by Gasteiger charge is 2.25. The number of aryl methyl sites for hydroxylation is 1. The van der Waals surface area contributed by atoms with Crippen molar-refractivity contribution in [2.24, 2.45) is 7.05 Å². The standard InChI is InChI=1S/C17H14BrN5O3/c1-22-13-6-4-3-5-12(13)21-16(22)10(7-19)11-8-20-23(9-14(24)26-2)17(25)15(11)18/h3-6,8,10H,9H2,1-2H3. The molecule has 0 N–H and O–H groups in total. The van der Waals surface area contributed by atoms with E-state index >= 15 is 0 Å². The zero-order valence-electron chi connectivity index (χ0n) is 14.0. The molecular formula is C17H14BrN5O3. The van der Waals surface area contributed by atoms with Crippen molar-refractivity contribution in [3.05, 3.63) is 56.7 Å². The predicted octanol–water partition coefficient (Wildman–Crippen LogP) is 1.72. The first-order valence-corrected chi connectivity index (χ1v) is 8.40. The normalized spacial score (nSPS) is 11.9. The minimum atomic E-state index is -0.797. The van der Waals surface area contributed by atoms with E-state index in [2.05, 4.69) is 36.8 Å². The number of carbonyl (C=O) groups excluding carboxylic acids is 1. The Balaban J connectivity index is 2.10. The molecule has 8 nitrogen and oxygen atoms in total. The lowest BCUT2D eigenvalue weighted by Crippen LogP contribution is -2.29. The number of esters is 1. The van der Waals surface area contributed by atoms with E-state index < -0.39 is 17.4 Å². The summed E-state index contributed by atoms with van der Waals surface area (Å²) in [7, 11) is 3.04. The first kappa shape index (κ1) is 17.8. The van der Waals surface area contributed by atoms with Crippen molar-refractivity contribution in [3.63, 3.8) is 0 Å². The number of rotatable bonds is 4. The third kappa shape index (κ3) is 2.99. The van der Waals surface area contributed by atoms with Gasteiger partial charge in [-0.3, -0.25) is 9.59 Å². The number of para-hydroxylation sites is 2. The number of nitrogens with zero attached hydrogens (tertiary/aromatic N) is 5. The first-order valence-electron chi connectivity index (χ1n) is 7.61. The van der Waals surface area contributed by atoms with Gasteiger partial charge < -0.3 is 9.30 Å². The van der Waals surface area contributed by atoms with Crippen LogP contribution in [0.4, 0.5) is 0 Å². The number of ether oxygens (including phenoxy) is 1. The molecule has 26 heavy (non-hydrogen) atoms. The van der Waals surface area contributed by atoms with E-state index in [9.17, 15) is 14.9 Å². The Bertz CT molecular complexity index is 1100. The van der Waals surface area contributed by atoms with Crippen LogP contribution in [-0.2, 0) is 23.1 Å². The molecule has 0 fully saturated rings. The molecule has 0 saturated heterocycles. The molecule has 1 unspecified atom stereocenters. The monoisotopic (exact) mass is 415 g/mol. The molecule has 1 atom stereocenters. The fraction of sp³-hybridized carbons (Fsp3) is 0.235. The van der Waals surface area contributed by atoms with Crippen molar-refractivity contribution in [2.75, 3.05) is 7.11 Å². The van der Waals surface area contributed by atoms with Crippen LogP contribution in [0.5, 0.6) is 0 Å². The Morgan fingerprint density at radius 2 is 2.15 bits per heavy atom. The molecule has 9 heteroatoms. The van der Waals surface area contributed by atoms with Crippen LogP contribution in [0.1, 0.15) is 17.3 Å². The number of imidazole rings is 1. The topological polar surface area (TPSA) is 103 Å². The molecule has 2 aromatic heterocycles. The molecule has 1 aromatic carbocycles. The van der Waals surface area contributed by atoms with Crippen molar-refractivity contribution in [1.29, 1.82) is 5.26 Å². The molecule has 0 aliphatic carbocycles. The predicted molar refractivity (Wildman–Crippen MR) is 96.4 cm³/mol. The SMILES string of the molecule is COC(=O)Cn1ncc(C(C#N)c2nc3ccccc3n2C)c(Br)c1=O. The molecule has 0 spiro atoms. The zero-order valence-corrected chi connectivity index (χ0v) is 15.6. The maximum absolute atomic E-state index is 12.5. The highest BCUT2D eigenvalue weighted by Crippen LogP contribution is 2.29. The average molecular weight is 416 g/mol. The Hall–Kier alpha value is -2.99. The van der Waals surface area contributed by atoms with E-state index in [1.165, 1.54) is 13.3 Å². The van der Waals surface area contributed by atoms with Crippen LogP contribution in [0.15, 0.2) is 39.7 Å². The third-order valence-electron chi connectivity index (χ3n) is 4.04. The van der Waals surface area contributed by atoms with Gasteiger partial charge in [-0.15, -0.1) is 0 Å². The highest BCUT2D eigenvalue weighted by molar-refractivity contribution is 9.10. The Morgan fingerprint density at radius 3 is 2.81 bits per heavy atom. The first-order chi connectivity index (χ1) is 12.5. The van der Waals surface area contributed by atoms with Gasteiger partial charge in [0.15, 0.2) is 0 Å². The number of halogens is 1. The van der Waals surface area contributed by atoms with Crippen LogP contribution in [0, 0.1) is 11.3 Å². The molecule has 3 aromatic rings. The molecule has 0 saturated carbocycles. The minimum Gasteiger partial charge on any atom is -0.468 e. The van der Waals surface area contributed by atoms with Gasteiger partial charge in [0, 0.05) is 12.6 Å². The van der Waals surface area contributed by atoms with E-state index in [-0.39, 0.29) is 11.0 Å². The molecule has 3 rings (SSSR count). The van der Waals surface area contributed by atoms with Gasteiger partial charge in [0.1, 0.15) is 18.3 Å². The summed E-state index contributed by atoms with van der Waals surface area (Å²) in [6, 6.07) is 9.70. The van der Waals surface area contributed by atoms with E-state index in [0.717, 1.165) is 15.7 Å². The van der Waals surface area contributed by atoms with Crippen LogP contribution in [-0.4, -0.2) is 32.4 Å². The largest absolute Gasteiger partial charge is 0.468 e. The zero-order chi connectivity index (χ0) is 18.8. The number of aromatic nitrogens is 4. The van der Waals surface area contributed by atoms with Gasteiger partial charge in [-0.25, -0.2) is 9.67 Å². The summed E-state index contributed by atoms with van der Waals surface area (Å²) >= 11 is 3.24. The van der Waals surface area contributed by atoms with Gasteiger partial charge in [0.05, 0.1) is 34.9 Å². The van der Waals surface area contributed by atoms with E-state index in [1.807, 2.05) is 35.9 Å². The summed E-state index contributed by atoms with van der Waals surface area (Å²) in [6.07, 6.45) is 1.39. The van der Waals surface area contributed by atoms with Crippen LogP contribution >= 0.6 is 15.9 Å². The molecule has 0 amide bonds. The maximum Gasteiger partial charge on any atom is 0.327 e. The summed E-state index contributed by atoms with van der Waals surface area (Å²) in [5.74, 6) is -0.887. The quantitative estimate of drug-likeness (QED) is 0.601. The summed E-state index contributed by atoms with van der Waals surface area (Å²) in [6.45, 7) is -0.308. The average Bonchev–Trinajstić information content (AvgIpc) is 2.98. The summed E-state index contributed by atoms with van der Waals surface area (Å²) in [5.41, 5.74) is 1.50. The Morgan fingerprint density at radius 1 is 1.42 bits per heavy atom. The van der Waals surface area contributed by atoms with Gasteiger partial charge in [0.25, 0.3) is 5.56 Å². The number of methoxy groups -OCH3 is 1. The van der Waals surface area contributed by atoms with Crippen molar-refractivity contribution in [2.45, 2.75) is 12.5 Å². The molecule has 2 heterocycles. The molecule has 132 valence electrons. The van der Waals surface area contributed by atoms with Crippen molar-refractivity contribution in [3.8, 4) is 6.07 Å². The smallest absolute Gasteiger partial charge is 0.327 e. The third-order valence-corrected chi connectivity index (χ3v) is 4.84. The number of benzene rings is 1. The van der Waals surface area contributed by atoms with E-state index in [1.54, 1.807) is 0 Å². The van der Waals surface area contributed by atoms with E-state index in [0.29, 0.717) is 11.4 Å². The lowest BCUT2D eigenvalue weighted by molar-refractivity contribution is -0.141. The van der Waals surface area contributed by atoms with Gasteiger partial charge in [-0.05, 0) is 28.1 Å².